The molecule has 6 N–H and O–H groups in total. The highest BCUT2D eigenvalue weighted by Gasteiger charge is 2.32. The Morgan fingerprint density at radius 1 is 0.825 bits per heavy atom. The lowest BCUT2D eigenvalue weighted by Gasteiger charge is -2.27. The number of aliphatic hydroxyl groups is 1. The zero-order valence-electron chi connectivity index (χ0n) is 22.9. The second-order valence-corrected chi connectivity index (χ2v) is 9.33. The molecule has 212 valence electrons. The highest BCUT2D eigenvalue weighted by atomic mass is 16.5. The molecule has 0 heterocycles. The molecule has 0 radical (unpaired) electrons. The molecule has 9 heteroatoms. The van der Waals surface area contributed by atoms with Gasteiger partial charge in [-0.2, -0.15) is 0 Å². The van der Waals surface area contributed by atoms with Crippen molar-refractivity contribution >= 4 is 17.7 Å². The van der Waals surface area contributed by atoms with Gasteiger partial charge in [-0.3, -0.25) is 14.4 Å². The largest absolute Gasteiger partial charge is 0.494 e. The van der Waals surface area contributed by atoms with Gasteiger partial charge < -0.3 is 31.5 Å². The molecule has 0 aromatic heterocycles. The fourth-order valence-electron chi connectivity index (χ4n) is 4.11. The highest BCUT2D eigenvalue weighted by Crippen LogP contribution is 2.18. The summed E-state index contributed by atoms with van der Waals surface area (Å²) < 4.78 is 5.48. The summed E-state index contributed by atoms with van der Waals surface area (Å²) in [6.07, 6.45) is -0.947. The minimum Gasteiger partial charge on any atom is -0.494 e. The number of hydrogen-bond donors (Lipinski definition) is 5. The first-order chi connectivity index (χ1) is 19.3. The third-order valence-corrected chi connectivity index (χ3v) is 6.41. The molecule has 2 unspecified atom stereocenters. The molecule has 0 fully saturated rings. The van der Waals surface area contributed by atoms with Gasteiger partial charge in [0.25, 0.3) is 0 Å². The molecule has 0 bridgehead atoms. The van der Waals surface area contributed by atoms with Crippen molar-refractivity contribution in [1.29, 1.82) is 0 Å². The molecule has 3 aromatic carbocycles. The molecule has 40 heavy (non-hydrogen) atoms. The monoisotopic (exact) mass is 546 g/mol. The van der Waals surface area contributed by atoms with Gasteiger partial charge in [-0.1, -0.05) is 73.7 Å². The molecule has 0 saturated carbocycles. The number of hydrogen-bond acceptors (Lipinski definition) is 6. The maximum atomic E-state index is 13.5. The Morgan fingerprint density at radius 3 is 2.05 bits per heavy atom. The summed E-state index contributed by atoms with van der Waals surface area (Å²) >= 11 is 0. The summed E-state index contributed by atoms with van der Waals surface area (Å²) in [6, 6.07) is 21.1. The molecule has 0 saturated heterocycles. The zero-order chi connectivity index (χ0) is 28.9. The van der Waals surface area contributed by atoms with Crippen LogP contribution in [-0.4, -0.2) is 41.5 Å². The van der Waals surface area contributed by atoms with E-state index in [1.807, 2.05) is 43.3 Å². The Labute approximate surface area is 235 Å². The number of carbonyl (C=O) groups excluding carboxylic acids is 3. The van der Waals surface area contributed by atoms with E-state index >= 15 is 0 Å². The quantitative estimate of drug-likeness (QED) is 0.210. The van der Waals surface area contributed by atoms with Crippen LogP contribution in [0.4, 0.5) is 0 Å². The number of aliphatic hydroxyl groups excluding tert-OH is 1. The van der Waals surface area contributed by atoms with Gasteiger partial charge in [-0.25, -0.2) is 0 Å². The van der Waals surface area contributed by atoms with Crippen LogP contribution < -0.4 is 26.4 Å². The maximum absolute atomic E-state index is 13.5. The number of amides is 3. The van der Waals surface area contributed by atoms with Crippen molar-refractivity contribution in [2.75, 3.05) is 6.61 Å². The second kappa shape index (κ2) is 15.4. The van der Waals surface area contributed by atoms with Crippen molar-refractivity contribution in [2.45, 2.75) is 58.0 Å². The van der Waals surface area contributed by atoms with Crippen molar-refractivity contribution in [3.05, 3.63) is 101 Å². The predicted octanol–water partition coefficient (Wildman–Crippen LogP) is 2.52. The molecule has 3 amide bonds. The first kappa shape index (κ1) is 30.3. The van der Waals surface area contributed by atoms with E-state index in [1.54, 1.807) is 49.4 Å². The van der Waals surface area contributed by atoms with Gasteiger partial charge in [-0.15, -0.1) is 0 Å². The molecule has 0 spiro atoms. The molecule has 3 atom stereocenters. The fraction of sp³-hybridized carbons (Fsp3) is 0.323. The van der Waals surface area contributed by atoms with E-state index in [2.05, 4.69) is 16.0 Å². The number of carbonyl (C=O) groups is 3. The van der Waals surface area contributed by atoms with Crippen molar-refractivity contribution in [3.8, 4) is 5.75 Å². The summed E-state index contributed by atoms with van der Waals surface area (Å²) in [4.78, 5) is 39.1. The first-order valence-corrected chi connectivity index (χ1v) is 13.4. The van der Waals surface area contributed by atoms with Gasteiger partial charge in [0.1, 0.15) is 23.9 Å². The average Bonchev–Trinajstić information content (AvgIpc) is 2.99. The van der Waals surface area contributed by atoms with Crippen LogP contribution >= 0.6 is 0 Å². The third-order valence-electron chi connectivity index (χ3n) is 6.41. The number of benzene rings is 3. The Kier molecular flexibility index (Phi) is 11.7. The number of nitrogens with two attached hydrogens (primary N) is 1. The Morgan fingerprint density at radius 2 is 1.45 bits per heavy atom. The van der Waals surface area contributed by atoms with Gasteiger partial charge in [0, 0.05) is 25.9 Å². The van der Waals surface area contributed by atoms with E-state index in [4.69, 9.17) is 10.5 Å². The summed E-state index contributed by atoms with van der Waals surface area (Å²) in [5.74, 6) is -0.755. The summed E-state index contributed by atoms with van der Waals surface area (Å²) in [7, 11) is 0. The second-order valence-electron chi connectivity index (χ2n) is 9.33. The normalized spacial score (nSPS) is 13.0. The fourth-order valence-corrected chi connectivity index (χ4v) is 4.11. The molecule has 3 rings (SSSR count). The first-order valence-electron chi connectivity index (χ1n) is 13.4. The van der Waals surface area contributed by atoms with Crippen molar-refractivity contribution in [2.24, 2.45) is 5.73 Å². The van der Waals surface area contributed by atoms with E-state index in [0.717, 1.165) is 16.7 Å². The van der Waals surface area contributed by atoms with Crippen LogP contribution in [-0.2, 0) is 33.9 Å². The van der Waals surface area contributed by atoms with Crippen LogP contribution in [0.3, 0.4) is 0 Å². The van der Waals surface area contributed by atoms with Crippen LogP contribution in [0.2, 0.25) is 0 Å². The lowest BCUT2D eigenvalue weighted by atomic mass is 9.99. The lowest BCUT2D eigenvalue weighted by molar-refractivity contribution is -0.134. The van der Waals surface area contributed by atoms with Gasteiger partial charge in [-0.05, 0) is 41.3 Å². The predicted molar refractivity (Wildman–Crippen MR) is 153 cm³/mol. The van der Waals surface area contributed by atoms with Crippen molar-refractivity contribution in [3.63, 3.8) is 0 Å². The summed E-state index contributed by atoms with van der Waals surface area (Å²) in [6.45, 7) is 4.72. The molecule has 0 aliphatic heterocycles. The van der Waals surface area contributed by atoms with Gasteiger partial charge >= 0.3 is 0 Å². The standard InChI is InChI=1S/C31H38N4O5/c1-3-27(36)34-26(18-21-14-16-25(17-15-21)40-4-2)30(38)35-28(29(37)24-8-6-5-7-9-24)31(39)33-20-23-12-10-22(19-32)11-13-23/h5-17,26,28-29,37H,3-4,18-20,32H2,1-2H3,(H,33,39)(H,34,36)(H,35,38)/t26-,28?,29?/m1/s1. The van der Waals surface area contributed by atoms with Gasteiger partial charge in [0.15, 0.2) is 0 Å². The van der Waals surface area contributed by atoms with Crippen molar-refractivity contribution < 1.29 is 24.2 Å². The SMILES string of the molecule is CCOc1ccc(C[C@@H](NC(=O)CC)C(=O)NC(C(=O)NCc2ccc(CN)cc2)C(O)c2ccccc2)cc1. The lowest BCUT2D eigenvalue weighted by Crippen LogP contribution is -2.56. The van der Waals surface area contributed by atoms with E-state index < -0.39 is 30.0 Å². The van der Waals surface area contributed by atoms with Crippen LogP contribution in [0.5, 0.6) is 5.75 Å². The number of rotatable bonds is 14. The molecule has 3 aromatic rings. The molecular weight excluding hydrogens is 508 g/mol. The smallest absolute Gasteiger partial charge is 0.245 e. The summed E-state index contributed by atoms with van der Waals surface area (Å²) in [5, 5.41) is 19.4. The maximum Gasteiger partial charge on any atom is 0.245 e. The minimum absolute atomic E-state index is 0.187. The van der Waals surface area contributed by atoms with E-state index in [0.29, 0.717) is 24.5 Å². The van der Waals surface area contributed by atoms with Crippen LogP contribution in [0.15, 0.2) is 78.9 Å². The van der Waals surface area contributed by atoms with Crippen LogP contribution in [0, 0.1) is 0 Å². The molecular formula is C31H38N4O5. The Bertz CT molecular complexity index is 1230. The minimum atomic E-state index is -1.32. The van der Waals surface area contributed by atoms with E-state index in [-0.39, 0.29) is 25.3 Å². The molecule has 0 aliphatic carbocycles. The average molecular weight is 547 g/mol. The molecule has 9 nitrogen and oxygen atoms in total. The zero-order valence-corrected chi connectivity index (χ0v) is 22.9. The number of nitrogens with one attached hydrogen (secondary N) is 3. The third kappa shape index (κ3) is 8.93. The summed E-state index contributed by atoms with van der Waals surface area (Å²) in [5.41, 5.74) is 8.73. The Balaban J connectivity index is 1.80. The topological polar surface area (TPSA) is 143 Å². The van der Waals surface area contributed by atoms with Crippen LogP contribution in [0.1, 0.15) is 48.6 Å². The van der Waals surface area contributed by atoms with Gasteiger partial charge in [0.05, 0.1) is 6.61 Å². The van der Waals surface area contributed by atoms with Crippen LogP contribution in [0.25, 0.3) is 0 Å². The van der Waals surface area contributed by atoms with Crippen molar-refractivity contribution in [1.82, 2.24) is 16.0 Å². The Hall–Kier alpha value is -4.21. The molecule has 0 aliphatic rings. The van der Waals surface area contributed by atoms with Gasteiger partial charge in [0.2, 0.25) is 17.7 Å². The van der Waals surface area contributed by atoms with E-state index in [1.165, 1.54) is 0 Å². The van der Waals surface area contributed by atoms with E-state index in [9.17, 15) is 19.5 Å². The number of ether oxygens (including phenoxy) is 1. The highest BCUT2D eigenvalue weighted by molar-refractivity contribution is 5.92.